The number of aliphatic carboxylic acids is 1. The highest BCUT2D eigenvalue weighted by atomic mass is 16.6. The summed E-state index contributed by atoms with van der Waals surface area (Å²) >= 11 is 0. The van der Waals surface area contributed by atoms with Crippen LogP contribution in [-0.2, 0) is 9.53 Å². The number of carbonyl (C=O) groups is 1. The van der Waals surface area contributed by atoms with Crippen molar-refractivity contribution < 1.29 is 19.7 Å². The van der Waals surface area contributed by atoms with E-state index in [1.165, 1.54) is 0 Å². The zero-order chi connectivity index (χ0) is 19.0. The van der Waals surface area contributed by atoms with Gasteiger partial charge in [0.05, 0.1) is 18.3 Å². The molecule has 2 N–H and O–H groups in total. The largest absolute Gasteiger partial charge is 0.481 e. The first kappa shape index (κ1) is 22.1. The topological polar surface area (TPSA) is 70.1 Å². The van der Waals surface area contributed by atoms with E-state index in [0.717, 1.165) is 32.1 Å². The zero-order valence-corrected chi connectivity index (χ0v) is 15.7. The highest BCUT2D eigenvalue weighted by Gasteiger charge is 2.35. The Kier molecular flexibility index (Phi) is 12.2. The minimum absolute atomic E-state index is 0.0183. The molecule has 3 atom stereocenters. The number of epoxide rings is 1. The van der Waals surface area contributed by atoms with E-state index in [1.54, 1.807) is 12.2 Å². The van der Waals surface area contributed by atoms with Gasteiger partial charge in [0.25, 0.3) is 0 Å². The van der Waals surface area contributed by atoms with Gasteiger partial charge in [0.15, 0.2) is 0 Å². The molecule has 1 aliphatic heterocycles. The van der Waals surface area contributed by atoms with Crippen molar-refractivity contribution in [2.75, 3.05) is 0 Å². The summed E-state index contributed by atoms with van der Waals surface area (Å²) in [6, 6.07) is 0. The molecule has 144 valence electrons. The van der Waals surface area contributed by atoms with Crippen LogP contribution in [0.15, 0.2) is 60.8 Å². The summed E-state index contributed by atoms with van der Waals surface area (Å²) < 4.78 is 5.48. The van der Waals surface area contributed by atoms with E-state index in [1.807, 2.05) is 12.2 Å². The predicted molar refractivity (Wildman–Crippen MR) is 106 cm³/mol. The van der Waals surface area contributed by atoms with Crippen molar-refractivity contribution in [3.05, 3.63) is 60.8 Å². The third-order valence-corrected chi connectivity index (χ3v) is 4.01. The van der Waals surface area contributed by atoms with E-state index in [-0.39, 0.29) is 12.8 Å². The van der Waals surface area contributed by atoms with Crippen LogP contribution in [0.2, 0.25) is 0 Å². The maximum Gasteiger partial charge on any atom is 0.303 e. The number of carboxylic acids is 1. The van der Waals surface area contributed by atoms with Crippen LogP contribution in [0.3, 0.4) is 0 Å². The average Bonchev–Trinajstić information content (AvgIpc) is 3.38. The van der Waals surface area contributed by atoms with E-state index in [4.69, 9.17) is 9.84 Å². The van der Waals surface area contributed by atoms with Gasteiger partial charge in [-0.3, -0.25) is 4.79 Å². The molecule has 4 heteroatoms. The summed E-state index contributed by atoms with van der Waals surface area (Å²) in [5.74, 6) is -0.888. The Balaban J connectivity index is 1.97. The van der Waals surface area contributed by atoms with Crippen LogP contribution in [0.5, 0.6) is 0 Å². The second-order valence-corrected chi connectivity index (χ2v) is 6.29. The number of aliphatic hydroxyl groups is 1. The number of hydrogen-bond donors (Lipinski definition) is 2. The van der Waals surface area contributed by atoms with Crippen molar-refractivity contribution in [1.29, 1.82) is 0 Å². The molecule has 1 saturated heterocycles. The van der Waals surface area contributed by atoms with Crippen molar-refractivity contribution in [2.45, 2.75) is 70.2 Å². The Morgan fingerprint density at radius 1 is 0.962 bits per heavy atom. The zero-order valence-electron chi connectivity index (χ0n) is 15.7. The fraction of sp³-hybridized carbons (Fsp3) is 0.500. The summed E-state index contributed by atoms with van der Waals surface area (Å²) in [6.07, 6.45) is 25.5. The molecule has 0 aromatic carbocycles. The van der Waals surface area contributed by atoms with Gasteiger partial charge in [-0.25, -0.2) is 0 Å². The van der Waals surface area contributed by atoms with Crippen molar-refractivity contribution in [1.82, 2.24) is 0 Å². The Morgan fingerprint density at radius 2 is 1.58 bits per heavy atom. The van der Waals surface area contributed by atoms with Crippen LogP contribution in [0.25, 0.3) is 0 Å². The first-order valence-electron chi connectivity index (χ1n) is 9.47. The van der Waals surface area contributed by atoms with Crippen molar-refractivity contribution >= 4 is 5.97 Å². The summed E-state index contributed by atoms with van der Waals surface area (Å²) in [4.78, 5) is 10.4. The molecular formula is C22H32O4. The number of rotatable bonds is 14. The van der Waals surface area contributed by atoms with Crippen LogP contribution in [-0.4, -0.2) is 34.5 Å². The molecular weight excluding hydrogens is 328 g/mol. The van der Waals surface area contributed by atoms with Gasteiger partial charge in [-0.1, -0.05) is 67.7 Å². The lowest BCUT2D eigenvalue weighted by Crippen LogP contribution is -2.05. The van der Waals surface area contributed by atoms with E-state index in [0.29, 0.717) is 12.2 Å². The van der Waals surface area contributed by atoms with Gasteiger partial charge in [-0.15, -0.1) is 0 Å². The molecule has 0 aromatic rings. The standard InChI is InChI=1S/C22H32O4/c1-2-20-21(26-20)16-14-12-10-8-6-4-3-5-7-9-11-13-15-19(23)17-18-22(24)25/h3,5-6,8-9,11-15,19-21,23H,2,4,7,10,16-18H2,1H3,(H,24,25). The SMILES string of the molecule is CCC1OC1CC=CCC=CCC=CCC=CC=CC(O)CCC(=O)O. The van der Waals surface area contributed by atoms with E-state index in [2.05, 4.69) is 43.4 Å². The lowest BCUT2D eigenvalue weighted by atomic mass is 10.2. The Labute approximate surface area is 157 Å². The van der Waals surface area contributed by atoms with Crippen LogP contribution < -0.4 is 0 Å². The number of hydrogen-bond acceptors (Lipinski definition) is 3. The maximum atomic E-state index is 10.4. The van der Waals surface area contributed by atoms with Gasteiger partial charge in [0.2, 0.25) is 0 Å². The predicted octanol–water partition coefficient (Wildman–Crippen LogP) is 4.73. The van der Waals surface area contributed by atoms with Crippen LogP contribution >= 0.6 is 0 Å². The van der Waals surface area contributed by atoms with Crippen molar-refractivity contribution in [3.63, 3.8) is 0 Å². The normalized spacial score (nSPS) is 21.8. The van der Waals surface area contributed by atoms with Gasteiger partial charge in [0, 0.05) is 6.42 Å². The Morgan fingerprint density at radius 3 is 2.15 bits per heavy atom. The molecule has 0 amide bonds. The Hall–Kier alpha value is -1.91. The van der Waals surface area contributed by atoms with Crippen molar-refractivity contribution in [3.8, 4) is 0 Å². The highest BCUT2D eigenvalue weighted by molar-refractivity contribution is 5.66. The highest BCUT2D eigenvalue weighted by Crippen LogP contribution is 2.28. The summed E-state index contributed by atoms with van der Waals surface area (Å²) in [7, 11) is 0. The summed E-state index contributed by atoms with van der Waals surface area (Å²) in [5, 5.41) is 18.0. The molecule has 26 heavy (non-hydrogen) atoms. The second-order valence-electron chi connectivity index (χ2n) is 6.29. The van der Waals surface area contributed by atoms with Gasteiger partial charge in [-0.05, 0) is 38.5 Å². The number of carboxylic acid groups (broad SMARTS) is 1. The molecule has 0 spiro atoms. The molecule has 1 heterocycles. The fourth-order valence-electron chi connectivity index (χ4n) is 2.41. The molecule has 0 bridgehead atoms. The molecule has 1 rings (SSSR count). The fourth-order valence-corrected chi connectivity index (χ4v) is 2.41. The molecule has 1 aliphatic rings. The van der Waals surface area contributed by atoms with Crippen LogP contribution in [0.4, 0.5) is 0 Å². The number of allylic oxidation sites excluding steroid dienone is 8. The summed E-state index contributed by atoms with van der Waals surface area (Å²) in [6.45, 7) is 2.16. The van der Waals surface area contributed by atoms with Gasteiger partial charge in [-0.2, -0.15) is 0 Å². The molecule has 4 nitrogen and oxygen atoms in total. The van der Waals surface area contributed by atoms with Gasteiger partial charge >= 0.3 is 5.97 Å². The molecule has 0 aliphatic carbocycles. The van der Waals surface area contributed by atoms with Crippen LogP contribution in [0.1, 0.15) is 51.9 Å². The Bertz CT molecular complexity index is 528. The molecule has 1 fully saturated rings. The minimum Gasteiger partial charge on any atom is -0.481 e. The summed E-state index contributed by atoms with van der Waals surface area (Å²) in [5.41, 5.74) is 0. The van der Waals surface area contributed by atoms with E-state index < -0.39 is 12.1 Å². The lowest BCUT2D eigenvalue weighted by Gasteiger charge is -2.00. The first-order valence-corrected chi connectivity index (χ1v) is 9.47. The average molecular weight is 360 g/mol. The molecule has 0 radical (unpaired) electrons. The second kappa shape index (κ2) is 14.3. The lowest BCUT2D eigenvalue weighted by molar-refractivity contribution is -0.137. The van der Waals surface area contributed by atoms with Gasteiger partial charge < -0.3 is 14.9 Å². The smallest absolute Gasteiger partial charge is 0.303 e. The number of aliphatic hydroxyl groups excluding tert-OH is 1. The van der Waals surface area contributed by atoms with Crippen LogP contribution in [0, 0.1) is 0 Å². The van der Waals surface area contributed by atoms with E-state index >= 15 is 0 Å². The monoisotopic (exact) mass is 360 g/mol. The van der Waals surface area contributed by atoms with Crippen molar-refractivity contribution in [2.24, 2.45) is 0 Å². The molecule has 0 aromatic heterocycles. The quantitative estimate of drug-likeness (QED) is 0.267. The molecule has 0 saturated carbocycles. The van der Waals surface area contributed by atoms with Gasteiger partial charge in [0.1, 0.15) is 0 Å². The minimum atomic E-state index is -0.888. The third-order valence-electron chi connectivity index (χ3n) is 4.01. The third kappa shape index (κ3) is 12.5. The van der Waals surface area contributed by atoms with E-state index in [9.17, 15) is 9.90 Å². The maximum absolute atomic E-state index is 10.4. The first-order chi connectivity index (χ1) is 12.6. The molecule has 3 unspecified atom stereocenters. The number of ether oxygens (including phenoxy) is 1.